The average molecular weight is 355 g/mol. The van der Waals surface area contributed by atoms with E-state index in [4.69, 9.17) is 0 Å². The van der Waals surface area contributed by atoms with Crippen LogP contribution in [0.1, 0.15) is 50.7 Å². The molecule has 3 aromatic rings. The summed E-state index contributed by atoms with van der Waals surface area (Å²) >= 11 is 0. The van der Waals surface area contributed by atoms with E-state index in [0.29, 0.717) is 11.1 Å². The Balaban J connectivity index is 1.59. The lowest BCUT2D eigenvalue weighted by Crippen LogP contribution is -2.34. The molecule has 3 aromatic carbocycles. The van der Waals surface area contributed by atoms with E-state index < -0.39 is 0 Å². The van der Waals surface area contributed by atoms with Crippen molar-refractivity contribution in [2.24, 2.45) is 0 Å². The van der Waals surface area contributed by atoms with Crippen molar-refractivity contribution in [1.29, 1.82) is 0 Å². The van der Waals surface area contributed by atoms with Crippen LogP contribution in [-0.4, -0.2) is 16.7 Å². The van der Waals surface area contributed by atoms with Crippen molar-refractivity contribution in [3.63, 3.8) is 0 Å². The van der Waals surface area contributed by atoms with E-state index in [-0.39, 0.29) is 17.9 Å². The third-order valence-corrected chi connectivity index (χ3v) is 5.11. The fourth-order valence-corrected chi connectivity index (χ4v) is 3.76. The first-order valence-corrected chi connectivity index (χ1v) is 9.31. The number of fused-ring (bicyclic) bond motifs is 1. The molecule has 0 aliphatic carbocycles. The number of aryl methyl sites for hydroxylation is 1. The molecule has 1 heterocycles. The summed E-state index contributed by atoms with van der Waals surface area (Å²) in [6.07, 6.45) is 2.56. The number of benzene rings is 3. The molecule has 0 aromatic heterocycles. The van der Waals surface area contributed by atoms with Crippen molar-refractivity contribution in [3.8, 4) is 0 Å². The van der Waals surface area contributed by atoms with E-state index in [1.54, 1.807) is 24.3 Å². The number of hydrogen-bond acceptors (Lipinski definition) is 2. The second-order valence-electron chi connectivity index (χ2n) is 6.83. The second-order valence-corrected chi connectivity index (χ2v) is 6.83. The highest BCUT2D eigenvalue weighted by Crippen LogP contribution is 2.34. The standard InChI is InChI=1S/C24H21NO2/c26-23-20-15-7-8-16-21(20)24(27)25(23)22(19-13-5-2-6-14-19)17-9-12-18-10-3-1-4-11-18/h1-8,10-11,13-16,22H,9,12,17H2/t22-/m1/s1. The molecule has 4 rings (SSSR count). The fourth-order valence-electron chi connectivity index (χ4n) is 3.76. The Morgan fingerprint density at radius 2 is 1.19 bits per heavy atom. The summed E-state index contributed by atoms with van der Waals surface area (Å²) in [5, 5.41) is 0. The van der Waals surface area contributed by atoms with Gasteiger partial charge in [-0.15, -0.1) is 0 Å². The number of rotatable bonds is 6. The van der Waals surface area contributed by atoms with Crippen molar-refractivity contribution in [2.45, 2.75) is 25.3 Å². The minimum Gasteiger partial charge on any atom is -0.269 e. The largest absolute Gasteiger partial charge is 0.269 e. The maximum Gasteiger partial charge on any atom is 0.262 e. The van der Waals surface area contributed by atoms with Gasteiger partial charge in [0.1, 0.15) is 0 Å². The van der Waals surface area contributed by atoms with Crippen LogP contribution in [0.5, 0.6) is 0 Å². The number of imide groups is 1. The summed E-state index contributed by atoms with van der Waals surface area (Å²) in [5.41, 5.74) is 3.28. The Kier molecular flexibility index (Phi) is 4.84. The lowest BCUT2D eigenvalue weighted by Gasteiger charge is -2.27. The Bertz CT molecular complexity index is 915. The van der Waals surface area contributed by atoms with Gasteiger partial charge in [-0.25, -0.2) is 0 Å². The van der Waals surface area contributed by atoms with E-state index in [2.05, 4.69) is 12.1 Å². The molecule has 0 spiro atoms. The van der Waals surface area contributed by atoms with Gasteiger partial charge in [0.25, 0.3) is 11.8 Å². The van der Waals surface area contributed by atoms with Crippen molar-refractivity contribution in [2.75, 3.05) is 0 Å². The van der Waals surface area contributed by atoms with E-state index in [1.807, 2.05) is 48.5 Å². The number of carbonyl (C=O) groups is 2. The van der Waals surface area contributed by atoms with Gasteiger partial charge in [0.2, 0.25) is 0 Å². The Hall–Kier alpha value is -3.20. The molecule has 0 saturated heterocycles. The van der Waals surface area contributed by atoms with Crippen LogP contribution in [-0.2, 0) is 6.42 Å². The van der Waals surface area contributed by atoms with Crippen LogP contribution in [0.3, 0.4) is 0 Å². The summed E-state index contributed by atoms with van der Waals surface area (Å²) in [4.78, 5) is 27.4. The van der Waals surface area contributed by atoms with Gasteiger partial charge in [-0.2, -0.15) is 0 Å². The summed E-state index contributed by atoms with van der Waals surface area (Å²) in [5.74, 6) is -0.381. The van der Waals surface area contributed by atoms with Gasteiger partial charge in [-0.05, 0) is 42.5 Å². The van der Waals surface area contributed by atoms with Crippen molar-refractivity contribution < 1.29 is 9.59 Å². The highest BCUT2D eigenvalue weighted by atomic mass is 16.2. The second kappa shape index (κ2) is 7.58. The quantitative estimate of drug-likeness (QED) is 0.581. The molecule has 1 atom stereocenters. The Morgan fingerprint density at radius 3 is 1.78 bits per heavy atom. The molecule has 0 N–H and O–H groups in total. The summed E-state index contributed by atoms with van der Waals surface area (Å²) < 4.78 is 0. The first kappa shape index (κ1) is 17.2. The van der Waals surface area contributed by atoms with E-state index in [0.717, 1.165) is 24.8 Å². The van der Waals surface area contributed by atoms with Crippen LogP contribution >= 0.6 is 0 Å². The molecule has 0 saturated carbocycles. The first-order valence-electron chi connectivity index (χ1n) is 9.31. The summed E-state index contributed by atoms with van der Waals surface area (Å²) in [7, 11) is 0. The number of amides is 2. The minimum absolute atomic E-state index is 0.191. The molecule has 3 nitrogen and oxygen atoms in total. The van der Waals surface area contributed by atoms with Crippen molar-refractivity contribution in [3.05, 3.63) is 107 Å². The smallest absolute Gasteiger partial charge is 0.262 e. The van der Waals surface area contributed by atoms with E-state index >= 15 is 0 Å². The van der Waals surface area contributed by atoms with Crippen LogP contribution in [0.25, 0.3) is 0 Å². The zero-order valence-electron chi connectivity index (χ0n) is 15.0. The monoisotopic (exact) mass is 355 g/mol. The van der Waals surface area contributed by atoms with Gasteiger partial charge >= 0.3 is 0 Å². The third kappa shape index (κ3) is 3.41. The number of hydrogen-bond donors (Lipinski definition) is 0. The third-order valence-electron chi connectivity index (χ3n) is 5.11. The van der Waals surface area contributed by atoms with E-state index in [1.165, 1.54) is 10.5 Å². The molecule has 0 unspecified atom stereocenters. The van der Waals surface area contributed by atoms with Gasteiger partial charge in [0.05, 0.1) is 17.2 Å². The maximum absolute atomic E-state index is 13.0. The SMILES string of the molecule is O=C1c2ccccc2C(=O)N1[C@H](CCCc1ccccc1)c1ccccc1. The van der Waals surface area contributed by atoms with Gasteiger partial charge in [0, 0.05) is 0 Å². The highest BCUT2D eigenvalue weighted by molar-refractivity contribution is 6.21. The van der Waals surface area contributed by atoms with E-state index in [9.17, 15) is 9.59 Å². The number of nitrogens with zero attached hydrogens (tertiary/aromatic N) is 1. The molecule has 1 aliphatic heterocycles. The molecule has 134 valence electrons. The van der Waals surface area contributed by atoms with Gasteiger partial charge in [-0.3, -0.25) is 14.5 Å². The normalized spacial score (nSPS) is 14.3. The molecule has 0 radical (unpaired) electrons. The Morgan fingerprint density at radius 1 is 0.667 bits per heavy atom. The summed E-state index contributed by atoms with van der Waals surface area (Å²) in [6, 6.07) is 27.0. The number of carbonyl (C=O) groups excluding carboxylic acids is 2. The molecule has 3 heteroatoms. The Labute approximate surface area is 159 Å². The fraction of sp³-hybridized carbons (Fsp3) is 0.167. The molecule has 2 amide bonds. The molecule has 1 aliphatic rings. The molecule has 0 fully saturated rings. The molecule has 0 bridgehead atoms. The van der Waals surface area contributed by atoms with Crippen LogP contribution in [0.4, 0.5) is 0 Å². The lowest BCUT2D eigenvalue weighted by atomic mass is 9.97. The zero-order valence-corrected chi connectivity index (χ0v) is 15.0. The lowest BCUT2D eigenvalue weighted by molar-refractivity contribution is 0.0572. The molecular weight excluding hydrogens is 334 g/mol. The predicted molar refractivity (Wildman–Crippen MR) is 106 cm³/mol. The average Bonchev–Trinajstić information content (AvgIpc) is 2.98. The van der Waals surface area contributed by atoms with Gasteiger partial charge < -0.3 is 0 Å². The van der Waals surface area contributed by atoms with Crippen LogP contribution in [0.2, 0.25) is 0 Å². The maximum atomic E-state index is 13.0. The summed E-state index contributed by atoms with van der Waals surface area (Å²) in [6.45, 7) is 0. The first-order chi connectivity index (χ1) is 13.3. The molecular formula is C24H21NO2. The van der Waals surface area contributed by atoms with Crippen LogP contribution in [0, 0.1) is 0 Å². The molecule has 27 heavy (non-hydrogen) atoms. The van der Waals surface area contributed by atoms with Crippen molar-refractivity contribution >= 4 is 11.8 Å². The highest BCUT2D eigenvalue weighted by Gasteiger charge is 2.39. The zero-order chi connectivity index (χ0) is 18.6. The van der Waals surface area contributed by atoms with Crippen LogP contribution in [0.15, 0.2) is 84.9 Å². The topological polar surface area (TPSA) is 37.4 Å². The van der Waals surface area contributed by atoms with Gasteiger partial charge in [-0.1, -0.05) is 72.8 Å². The predicted octanol–water partition coefficient (Wildman–Crippen LogP) is 5.05. The van der Waals surface area contributed by atoms with Gasteiger partial charge in [0.15, 0.2) is 0 Å². The van der Waals surface area contributed by atoms with Crippen LogP contribution < -0.4 is 0 Å². The minimum atomic E-state index is -0.248. The van der Waals surface area contributed by atoms with Crippen molar-refractivity contribution in [1.82, 2.24) is 4.90 Å².